The molecule has 3 aromatic rings. The number of sulfone groups is 1. The molecule has 0 spiro atoms. The van der Waals surface area contributed by atoms with Crippen LogP contribution in [0.3, 0.4) is 0 Å². The highest BCUT2D eigenvalue weighted by atomic mass is 32.2. The van der Waals surface area contributed by atoms with Gasteiger partial charge in [0.15, 0.2) is 32.8 Å². The molecule has 3 atom stereocenters. The summed E-state index contributed by atoms with van der Waals surface area (Å²) >= 11 is 1.53. The maximum atomic E-state index is 13.5. The summed E-state index contributed by atoms with van der Waals surface area (Å²) in [6, 6.07) is 7.12. The standard InChI is InChI=1S/C30H39NO9S2/c1-6-11-39-30-26(38-12-9-28-31-10-13-41-28)16-21(17-27(30)42(33,34)18-19(2)32)23-8-7-22(40-23)20-14-24(35-3)29(37-5)25(15-20)36-4/h10,13-17,19,22-23,32H,6-9,11-12,18H2,1-5H3/t19?,22-,23-/m0/s1. The van der Waals surface area contributed by atoms with Crippen molar-refractivity contribution in [2.75, 3.05) is 40.3 Å². The molecule has 42 heavy (non-hydrogen) atoms. The second kappa shape index (κ2) is 14.4. The van der Waals surface area contributed by atoms with Crippen LogP contribution < -0.4 is 23.7 Å². The number of aliphatic hydroxyl groups excluding tert-OH is 1. The molecule has 2 heterocycles. The molecule has 0 saturated carbocycles. The molecule has 2 aromatic carbocycles. The Balaban J connectivity index is 1.70. The number of aliphatic hydroxyl groups is 1. The molecule has 4 rings (SSSR count). The van der Waals surface area contributed by atoms with Gasteiger partial charge in [-0.05, 0) is 61.6 Å². The number of hydrogen-bond donors (Lipinski definition) is 1. The molecule has 0 aliphatic carbocycles. The van der Waals surface area contributed by atoms with E-state index in [-0.39, 0.29) is 23.4 Å². The van der Waals surface area contributed by atoms with Gasteiger partial charge in [-0.3, -0.25) is 0 Å². The Labute approximate surface area is 251 Å². The summed E-state index contributed by atoms with van der Waals surface area (Å²) in [7, 11) is 0.753. The first-order valence-electron chi connectivity index (χ1n) is 13.9. The van der Waals surface area contributed by atoms with Crippen LogP contribution in [0.5, 0.6) is 28.7 Å². The number of thiazole rings is 1. The third-order valence-corrected chi connectivity index (χ3v) is 9.53. The van der Waals surface area contributed by atoms with Gasteiger partial charge in [0, 0.05) is 18.0 Å². The second-order valence-electron chi connectivity index (χ2n) is 10.00. The third kappa shape index (κ3) is 7.47. The van der Waals surface area contributed by atoms with Crippen LogP contribution in [0.1, 0.15) is 61.5 Å². The highest BCUT2D eigenvalue weighted by Crippen LogP contribution is 2.48. The van der Waals surface area contributed by atoms with Gasteiger partial charge in [-0.2, -0.15) is 0 Å². The van der Waals surface area contributed by atoms with Crippen molar-refractivity contribution in [2.45, 2.75) is 62.7 Å². The average molecular weight is 622 g/mol. The minimum absolute atomic E-state index is 0.0153. The number of rotatable bonds is 15. The van der Waals surface area contributed by atoms with Crippen molar-refractivity contribution in [2.24, 2.45) is 0 Å². The third-order valence-electron chi connectivity index (χ3n) is 6.80. The molecule has 10 nitrogen and oxygen atoms in total. The number of ether oxygens (including phenoxy) is 6. The predicted octanol–water partition coefficient (Wildman–Crippen LogP) is 5.33. The van der Waals surface area contributed by atoms with Crippen LogP contribution in [0.4, 0.5) is 0 Å². The molecular weight excluding hydrogens is 582 g/mol. The Hall–Kier alpha value is -3.06. The minimum Gasteiger partial charge on any atom is -0.493 e. The van der Waals surface area contributed by atoms with Crippen molar-refractivity contribution < 1.29 is 41.9 Å². The van der Waals surface area contributed by atoms with Gasteiger partial charge in [-0.15, -0.1) is 11.3 Å². The molecule has 1 saturated heterocycles. The van der Waals surface area contributed by atoms with Crippen LogP contribution in [0, 0.1) is 0 Å². The Morgan fingerprint density at radius 2 is 1.60 bits per heavy atom. The summed E-state index contributed by atoms with van der Waals surface area (Å²) in [4.78, 5) is 4.28. The zero-order chi connectivity index (χ0) is 30.3. The van der Waals surface area contributed by atoms with Crippen LogP contribution in [0.15, 0.2) is 40.7 Å². The lowest BCUT2D eigenvalue weighted by molar-refractivity contribution is 0.0435. The van der Waals surface area contributed by atoms with Crippen molar-refractivity contribution in [1.29, 1.82) is 0 Å². The Morgan fingerprint density at radius 1 is 0.952 bits per heavy atom. The van der Waals surface area contributed by atoms with Gasteiger partial charge in [-0.1, -0.05) is 6.92 Å². The molecule has 0 amide bonds. The smallest absolute Gasteiger partial charge is 0.203 e. The van der Waals surface area contributed by atoms with E-state index in [9.17, 15) is 13.5 Å². The van der Waals surface area contributed by atoms with Crippen LogP contribution in [0.25, 0.3) is 0 Å². The summed E-state index contributed by atoms with van der Waals surface area (Å²) in [5.41, 5.74) is 1.51. The fourth-order valence-corrected chi connectivity index (χ4v) is 7.09. The van der Waals surface area contributed by atoms with E-state index in [1.165, 1.54) is 18.3 Å². The first-order chi connectivity index (χ1) is 20.2. The molecule has 0 bridgehead atoms. The minimum atomic E-state index is -3.92. The number of aromatic nitrogens is 1. The van der Waals surface area contributed by atoms with Gasteiger partial charge in [-0.25, -0.2) is 13.4 Å². The van der Waals surface area contributed by atoms with Crippen LogP contribution >= 0.6 is 11.3 Å². The monoisotopic (exact) mass is 621 g/mol. The molecule has 1 unspecified atom stereocenters. The van der Waals surface area contributed by atoms with E-state index in [0.717, 1.165) is 10.6 Å². The number of methoxy groups -OCH3 is 3. The number of nitrogens with zero attached hydrogens (tertiary/aromatic N) is 1. The SMILES string of the molecule is CCCOc1c(OCCc2nccs2)cc([C@@H]2CC[C@@H](c3cc(OC)c(OC)c(OC)c3)O2)cc1S(=O)(=O)CC(C)O. The van der Waals surface area contributed by atoms with Gasteiger partial charge in [0.25, 0.3) is 0 Å². The Kier molecular flexibility index (Phi) is 10.9. The summed E-state index contributed by atoms with van der Waals surface area (Å²) in [5, 5.41) is 12.8. The quantitative estimate of drug-likeness (QED) is 0.238. The maximum absolute atomic E-state index is 13.5. The normalized spacial score (nSPS) is 17.6. The van der Waals surface area contributed by atoms with Gasteiger partial charge in [0.1, 0.15) is 4.90 Å². The highest BCUT2D eigenvalue weighted by molar-refractivity contribution is 7.91. The lowest BCUT2D eigenvalue weighted by Crippen LogP contribution is -2.19. The fourth-order valence-electron chi connectivity index (χ4n) is 4.91. The highest BCUT2D eigenvalue weighted by Gasteiger charge is 2.33. The number of hydrogen-bond acceptors (Lipinski definition) is 11. The molecule has 1 aliphatic heterocycles. The molecule has 1 aliphatic rings. The van der Waals surface area contributed by atoms with Gasteiger partial charge >= 0.3 is 0 Å². The van der Waals surface area contributed by atoms with E-state index < -0.39 is 27.8 Å². The van der Waals surface area contributed by atoms with Crippen molar-refractivity contribution in [3.05, 3.63) is 52.0 Å². The van der Waals surface area contributed by atoms with Crippen molar-refractivity contribution in [1.82, 2.24) is 4.98 Å². The van der Waals surface area contributed by atoms with E-state index in [4.69, 9.17) is 28.4 Å². The van der Waals surface area contributed by atoms with Crippen molar-refractivity contribution in [3.63, 3.8) is 0 Å². The van der Waals surface area contributed by atoms with Crippen LogP contribution in [0.2, 0.25) is 0 Å². The topological polar surface area (TPSA) is 123 Å². The molecule has 1 N–H and O–H groups in total. The lowest BCUT2D eigenvalue weighted by Gasteiger charge is -2.21. The summed E-state index contributed by atoms with van der Waals surface area (Å²) in [6.07, 6.45) is 2.56. The van der Waals surface area contributed by atoms with Crippen molar-refractivity contribution in [3.8, 4) is 28.7 Å². The second-order valence-corrected chi connectivity index (χ2v) is 13.0. The van der Waals surface area contributed by atoms with E-state index in [1.54, 1.807) is 39.7 Å². The molecular formula is C30H39NO9S2. The predicted molar refractivity (Wildman–Crippen MR) is 159 cm³/mol. The van der Waals surface area contributed by atoms with E-state index in [1.807, 2.05) is 24.4 Å². The van der Waals surface area contributed by atoms with Gasteiger partial charge in [0.05, 0.1) is 63.6 Å². The molecule has 0 radical (unpaired) electrons. The fraction of sp³-hybridized carbons (Fsp3) is 0.500. The van der Waals surface area contributed by atoms with Crippen LogP contribution in [-0.4, -0.2) is 64.9 Å². The molecule has 1 fully saturated rings. The molecule has 1 aromatic heterocycles. The number of benzene rings is 2. The van der Waals surface area contributed by atoms with E-state index in [0.29, 0.717) is 60.9 Å². The summed E-state index contributed by atoms with van der Waals surface area (Å²) < 4.78 is 62.1. The van der Waals surface area contributed by atoms with Crippen LogP contribution in [-0.2, 0) is 21.0 Å². The van der Waals surface area contributed by atoms with E-state index >= 15 is 0 Å². The van der Waals surface area contributed by atoms with Gasteiger partial charge < -0.3 is 33.5 Å². The summed E-state index contributed by atoms with van der Waals surface area (Å²) in [5.74, 6) is 1.57. The van der Waals surface area contributed by atoms with Gasteiger partial charge in [0.2, 0.25) is 5.75 Å². The Bertz CT molecular complexity index is 1400. The molecule has 12 heteroatoms. The van der Waals surface area contributed by atoms with Crippen molar-refractivity contribution >= 4 is 21.2 Å². The first-order valence-corrected chi connectivity index (χ1v) is 16.4. The maximum Gasteiger partial charge on any atom is 0.203 e. The summed E-state index contributed by atoms with van der Waals surface area (Å²) in [6.45, 7) is 3.98. The lowest BCUT2D eigenvalue weighted by atomic mass is 10.0. The largest absolute Gasteiger partial charge is 0.493 e. The zero-order valence-corrected chi connectivity index (χ0v) is 26.3. The Morgan fingerprint density at radius 3 is 2.14 bits per heavy atom. The molecule has 230 valence electrons. The first kappa shape index (κ1) is 31.9. The average Bonchev–Trinajstić information content (AvgIpc) is 3.67. The van der Waals surface area contributed by atoms with E-state index in [2.05, 4.69) is 4.98 Å². The zero-order valence-electron chi connectivity index (χ0n) is 24.6.